The number of carbonyl (C=O) groups is 1. The first-order valence-electron chi connectivity index (χ1n) is 9.73. The summed E-state index contributed by atoms with van der Waals surface area (Å²) in [6.45, 7) is 7.19. The van der Waals surface area contributed by atoms with E-state index in [0.717, 1.165) is 17.5 Å². The molecule has 0 aliphatic heterocycles. The summed E-state index contributed by atoms with van der Waals surface area (Å²) in [6, 6.07) is 11.1. The Bertz CT molecular complexity index is 1010. The molecule has 0 aliphatic carbocycles. The molecule has 0 aliphatic rings. The van der Waals surface area contributed by atoms with Crippen LogP contribution in [0.25, 0.3) is 11.5 Å². The van der Waals surface area contributed by atoms with Crippen LogP contribution in [0.4, 0.5) is 5.69 Å². The van der Waals surface area contributed by atoms with E-state index in [1.165, 1.54) is 0 Å². The van der Waals surface area contributed by atoms with Gasteiger partial charge in [-0.1, -0.05) is 48.3 Å². The normalized spacial score (nSPS) is 11.1. The van der Waals surface area contributed by atoms with Crippen molar-refractivity contribution in [3.05, 3.63) is 63.5 Å². The molecule has 1 N–H and O–H groups in total. The lowest BCUT2D eigenvalue weighted by atomic mass is 10.1. The van der Waals surface area contributed by atoms with E-state index in [-0.39, 0.29) is 12.5 Å². The second-order valence-electron chi connectivity index (χ2n) is 7.18. The topological polar surface area (TPSA) is 71.3 Å². The molecule has 0 fully saturated rings. The van der Waals surface area contributed by atoms with Gasteiger partial charge in [0.1, 0.15) is 0 Å². The third kappa shape index (κ3) is 5.59. The maximum absolute atomic E-state index is 12.7. The van der Waals surface area contributed by atoms with Crippen molar-refractivity contribution in [2.24, 2.45) is 0 Å². The molecular formula is C22H24Cl2N4O2. The Morgan fingerprint density at radius 1 is 1.13 bits per heavy atom. The van der Waals surface area contributed by atoms with Gasteiger partial charge in [0.15, 0.2) is 0 Å². The van der Waals surface area contributed by atoms with Crippen molar-refractivity contribution in [1.82, 2.24) is 15.1 Å². The average molecular weight is 447 g/mol. The number of halogens is 2. The molecule has 3 rings (SSSR count). The van der Waals surface area contributed by atoms with E-state index >= 15 is 0 Å². The molecule has 6 nitrogen and oxygen atoms in total. The van der Waals surface area contributed by atoms with Gasteiger partial charge < -0.3 is 9.73 Å². The number of amides is 1. The molecule has 158 valence electrons. The van der Waals surface area contributed by atoms with Crippen LogP contribution in [0.3, 0.4) is 0 Å². The van der Waals surface area contributed by atoms with Crippen LogP contribution in [0.15, 0.2) is 40.8 Å². The van der Waals surface area contributed by atoms with E-state index in [2.05, 4.69) is 22.4 Å². The number of anilines is 1. The number of nitrogens with one attached hydrogen (secondary N) is 1. The lowest BCUT2D eigenvalue weighted by Crippen LogP contribution is -2.33. The third-order valence-electron chi connectivity index (χ3n) is 4.53. The van der Waals surface area contributed by atoms with Gasteiger partial charge in [0.2, 0.25) is 17.7 Å². The second kappa shape index (κ2) is 10.1. The van der Waals surface area contributed by atoms with Gasteiger partial charge in [-0.2, -0.15) is 0 Å². The first-order valence-corrected chi connectivity index (χ1v) is 10.5. The Balaban J connectivity index is 1.68. The van der Waals surface area contributed by atoms with Crippen molar-refractivity contribution >= 4 is 34.8 Å². The minimum Gasteiger partial charge on any atom is -0.419 e. The number of hydrogen-bond acceptors (Lipinski definition) is 5. The zero-order chi connectivity index (χ0) is 21.7. The summed E-state index contributed by atoms with van der Waals surface area (Å²) in [5.74, 6) is 0.637. The standard InChI is InChI=1S/C22H24Cl2N4O2/c1-4-9-28(12-19(29)25-21-15(3)10-14(2)11-18(21)24)13-20-26-27-22(30-20)16-7-5-6-8-17(16)23/h5-8,10-11H,4,9,12-13H2,1-3H3,(H,25,29). The predicted octanol–water partition coefficient (Wildman–Crippen LogP) is 5.51. The first-order chi connectivity index (χ1) is 14.4. The highest BCUT2D eigenvalue weighted by Gasteiger charge is 2.17. The summed E-state index contributed by atoms with van der Waals surface area (Å²) >= 11 is 12.5. The largest absolute Gasteiger partial charge is 0.419 e. The van der Waals surface area contributed by atoms with E-state index < -0.39 is 0 Å². The van der Waals surface area contributed by atoms with E-state index in [1.807, 2.05) is 49.1 Å². The van der Waals surface area contributed by atoms with Crippen molar-refractivity contribution in [3.63, 3.8) is 0 Å². The molecule has 30 heavy (non-hydrogen) atoms. The third-order valence-corrected chi connectivity index (χ3v) is 5.16. The molecule has 0 bridgehead atoms. The highest BCUT2D eigenvalue weighted by Crippen LogP contribution is 2.28. The highest BCUT2D eigenvalue weighted by molar-refractivity contribution is 6.34. The summed E-state index contributed by atoms with van der Waals surface area (Å²) in [4.78, 5) is 14.6. The van der Waals surface area contributed by atoms with Crippen LogP contribution in [-0.4, -0.2) is 34.1 Å². The number of carbonyl (C=O) groups excluding carboxylic acids is 1. The Morgan fingerprint density at radius 3 is 2.60 bits per heavy atom. The van der Waals surface area contributed by atoms with Gasteiger partial charge in [0, 0.05) is 0 Å². The van der Waals surface area contributed by atoms with Crippen LogP contribution in [0.2, 0.25) is 10.0 Å². The average Bonchev–Trinajstić information content (AvgIpc) is 3.13. The number of aromatic nitrogens is 2. The molecule has 1 heterocycles. The van der Waals surface area contributed by atoms with Crippen LogP contribution < -0.4 is 5.32 Å². The number of nitrogens with zero attached hydrogens (tertiary/aromatic N) is 3. The molecule has 0 atom stereocenters. The first kappa shape index (κ1) is 22.3. The van der Waals surface area contributed by atoms with Gasteiger partial charge in [-0.05, 0) is 56.1 Å². The van der Waals surface area contributed by atoms with E-state index in [9.17, 15) is 4.79 Å². The fraction of sp³-hybridized carbons (Fsp3) is 0.318. The quantitative estimate of drug-likeness (QED) is 0.493. The Kier molecular flexibility index (Phi) is 7.48. The molecule has 0 unspecified atom stereocenters. The van der Waals surface area contributed by atoms with Crippen LogP contribution in [-0.2, 0) is 11.3 Å². The lowest BCUT2D eigenvalue weighted by Gasteiger charge is -2.20. The molecule has 1 aromatic heterocycles. The van der Waals surface area contributed by atoms with Crippen LogP contribution >= 0.6 is 23.2 Å². The van der Waals surface area contributed by atoms with Gasteiger partial charge >= 0.3 is 0 Å². The Labute approximate surface area is 186 Å². The van der Waals surface area contributed by atoms with Crippen molar-refractivity contribution < 1.29 is 9.21 Å². The monoisotopic (exact) mass is 446 g/mol. The minimum atomic E-state index is -0.150. The fourth-order valence-electron chi connectivity index (χ4n) is 3.24. The summed E-state index contributed by atoms with van der Waals surface area (Å²) in [5, 5.41) is 12.2. The lowest BCUT2D eigenvalue weighted by molar-refractivity contribution is -0.117. The van der Waals surface area contributed by atoms with Gasteiger partial charge in [-0.25, -0.2) is 0 Å². The maximum atomic E-state index is 12.7. The van der Waals surface area contributed by atoms with Gasteiger partial charge in [-0.15, -0.1) is 10.2 Å². The molecule has 3 aromatic rings. The van der Waals surface area contributed by atoms with Gasteiger partial charge in [-0.3, -0.25) is 9.69 Å². The van der Waals surface area contributed by atoms with Crippen LogP contribution in [0.5, 0.6) is 0 Å². The van der Waals surface area contributed by atoms with Crippen molar-refractivity contribution in [1.29, 1.82) is 0 Å². The smallest absolute Gasteiger partial charge is 0.249 e. The van der Waals surface area contributed by atoms with E-state index in [4.69, 9.17) is 27.6 Å². The van der Waals surface area contributed by atoms with Crippen molar-refractivity contribution in [2.45, 2.75) is 33.7 Å². The summed E-state index contributed by atoms with van der Waals surface area (Å²) in [5.41, 5.74) is 3.30. The van der Waals surface area contributed by atoms with E-state index in [1.54, 1.807) is 6.07 Å². The molecular weight excluding hydrogens is 423 g/mol. The predicted molar refractivity (Wildman–Crippen MR) is 120 cm³/mol. The number of benzene rings is 2. The van der Waals surface area contributed by atoms with Crippen LogP contribution in [0, 0.1) is 13.8 Å². The van der Waals surface area contributed by atoms with Crippen molar-refractivity contribution in [2.75, 3.05) is 18.4 Å². The molecule has 2 aromatic carbocycles. The van der Waals surface area contributed by atoms with Crippen molar-refractivity contribution in [3.8, 4) is 11.5 Å². The molecule has 0 spiro atoms. The zero-order valence-corrected chi connectivity index (χ0v) is 18.7. The second-order valence-corrected chi connectivity index (χ2v) is 7.99. The van der Waals surface area contributed by atoms with Crippen LogP contribution in [0.1, 0.15) is 30.4 Å². The summed E-state index contributed by atoms with van der Waals surface area (Å²) in [6.07, 6.45) is 0.878. The van der Waals surface area contributed by atoms with Gasteiger partial charge in [0.25, 0.3) is 0 Å². The number of hydrogen-bond donors (Lipinski definition) is 1. The SMILES string of the molecule is CCCN(CC(=O)Nc1c(C)cc(C)cc1Cl)Cc1nnc(-c2ccccc2Cl)o1. The molecule has 1 amide bonds. The highest BCUT2D eigenvalue weighted by atomic mass is 35.5. The summed E-state index contributed by atoms with van der Waals surface area (Å²) < 4.78 is 5.78. The van der Waals surface area contributed by atoms with Gasteiger partial charge in [0.05, 0.1) is 34.4 Å². The molecule has 0 saturated carbocycles. The maximum Gasteiger partial charge on any atom is 0.249 e. The number of aryl methyl sites for hydroxylation is 2. The Morgan fingerprint density at radius 2 is 1.90 bits per heavy atom. The fourth-order valence-corrected chi connectivity index (χ4v) is 3.82. The molecule has 8 heteroatoms. The number of rotatable bonds is 8. The van der Waals surface area contributed by atoms with E-state index in [0.29, 0.717) is 46.2 Å². The molecule has 0 radical (unpaired) electrons. The summed E-state index contributed by atoms with van der Waals surface area (Å²) in [7, 11) is 0. The Hall–Kier alpha value is -2.41. The zero-order valence-electron chi connectivity index (χ0n) is 17.2. The minimum absolute atomic E-state index is 0.150. The molecule has 0 saturated heterocycles.